The lowest BCUT2D eigenvalue weighted by molar-refractivity contribution is -0.0790. The van der Waals surface area contributed by atoms with Crippen LogP contribution in [0.15, 0.2) is 11.1 Å². The van der Waals surface area contributed by atoms with Crippen molar-refractivity contribution in [1.82, 2.24) is 9.97 Å². The number of hydrogen-bond acceptors (Lipinski definition) is 5. The minimum Gasteiger partial charge on any atom is -0.367 e. The van der Waals surface area contributed by atoms with Crippen LogP contribution in [-0.4, -0.2) is 41.3 Å². The van der Waals surface area contributed by atoms with Crippen LogP contribution in [0.1, 0.15) is 13.8 Å². The van der Waals surface area contributed by atoms with Gasteiger partial charge < -0.3 is 20.4 Å². The van der Waals surface area contributed by atoms with E-state index in [4.69, 9.17) is 22.1 Å². The van der Waals surface area contributed by atoms with Crippen molar-refractivity contribution < 1.29 is 4.74 Å². The summed E-state index contributed by atoms with van der Waals surface area (Å²) in [5.74, 6) is 0.482. The first-order valence-corrected chi connectivity index (χ1v) is 6.17. The first-order chi connectivity index (χ1) is 8.43. The van der Waals surface area contributed by atoms with Gasteiger partial charge in [0.25, 0.3) is 5.56 Å². The molecular weight excluding hydrogens is 256 g/mol. The van der Waals surface area contributed by atoms with E-state index in [1.165, 1.54) is 6.33 Å². The summed E-state index contributed by atoms with van der Waals surface area (Å²) >= 11 is 5.99. The molecule has 1 saturated heterocycles. The minimum absolute atomic E-state index is 0.0918. The fraction of sp³-hybridized carbons (Fsp3) is 0.636. The molecule has 18 heavy (non-hydrogen) atoms. The van der Waals surface area contributed by atoms with Gasteiger partial charge in [0.1, 0.15) is 5.02 Å². The summed E-state index contributed by atoms with van der Waals surface area (Å²) in [6.45, 7) is 5.56. The fourth-order valence-corrected chi connectivity index (χ4v) is 2.40. The summed E-state index contributed by atoms with van der Waals surface area (Å²) < 4.78 is 5.82. The molecule has 2 heterocycles. The van der Waals surface area contributed by atoms with Crippen molar-refractivity contribution >= 4 is 17.4 Å². The third-order valence-electron chi connectivity index (χ3n) is 2.82. The minimum atomic E-state index is -0.351. The number of aromatic nitrogens is 2. The lowest BCUT2D eigenvalue weighted by Gasteiger charge is -2.43. The van der Waals surface area contributed by atoms with Crippen molar-refractivity contribution in [2.24, 2.45) is 5.73 Å². The molecule has 0 aliphatic carbocycles. The second kappa shape index (κ2) is 4.87. The van der Waals surface area contributed by atoms with Gasteiger partial charge in [-0.25, -0.2) is 4.98 Å². The van der Waals surface area contributed by atoms with Gasteiger partial charge in [0, 0.05) is 19.6 Å². The molecule has 0 spiro atoms. The second-order valence-electron chi connectivity index (χ2n) is 4.99. The lowest BCUT2D eigenvalue weighted by atomic mass is 10.1. The number of nitrogens with zero attached hydrogens (tertiary/aromatic N) is 2. The van der Waals surface area contributed by atoms with Crippen LogP contribution in [0.4, 0.5) is 5.82 Å². The second-order valence-corrected chi connectivity index (χ2v) is 5.36. The largest absolute Gasteiger partial charge is 0.367 e. The summed E-state index contributed by atoms with van der Waals surface area (Å²) in [5, 5.41) is 0.103. The van der Waals surface area contributed by atoms with Crippen LogP contribution >= 0.6 is 11.6 Å². The first-order valence-electron chi connectivity index (χ1n) is 5.79. The summed E-state index contributed by atoms with van der Waals surface area (Å²) in [5.41, 5.74) is 4.97. The van der Waals surface area contributed by atoms with Gasteiger partial charge in [-0.2, -0.15) is 0 Å². The number of anilines is 1. The highest BCUT2D eigenvalue weighted by molar-refractivity contribution is 6.32. The Labute approximate surface area is 110 Å². The highest BCUT2D eigenvalue weighted by Crippen LogP contribution is 2.27. The van der Waals surface area contributed by atoms with E-state index in [1.54, 1.807) is 0 Å². The Balaban J connectivity index is 2.32. The maximum absolute atomic E-state index is 11.5. The zero-order chi connectivity index (χ0) is 13.3. The number of halogens is 1. The van der Waals surface area contributed by atoms with E-state index in [1.807, 2.05) is 18.7 Å². The first kappa shape index (κ1) is 13.3. The Morgan fingerprint density at radius 1 is 1.72 bits per heavy atom. The van der Waals surface area contributed by atoms with Gasteiger partial charge in [0.05, 0.1) is 18.0 Å². The maximum Gasteiger partial charge on any atom is 0.271 e. The Kier molecular flexibility index (Phi) is 3.61. The van der Waals surface area contributed by atoms with Crippen LogP contribution in [0.2, 0.25) is 5.02 Å². The molecule has 0 radical (unpaired) electrons. The number of morpholine rings is 1. The average molecular weight is 273 g/mol. The van der Waals surface area contributed by atoms with Crippen molar-refractivity contribution in [3.05, 3.63) is 21.7 Å². The molecule has 7 heteroatoms. The van der Waals surface area contributed by atoms with Gasteiger partial charge >= 0.3 is 0 Å². The van der Waals surface area contributed by atoms with E-state index in [0.29, 0.717) is 25.5 Å². The van der Waals surface area contributed by atoms with Gasteiger partial charge in [-0.3, -0.25) is 4.79 Å². The van der Waals surface area contributed by atoms with Gasteiger partial charge in [0.2, 0.25) is 0 Å². The molecule has 1 unspecified atom stereocenters. The summed E-state index contributed by atoms with van der Waals surface area (Å²) in [7, 11) is 0. The van der Waals surface area contributed by atoms with Crippen LogP contribution in [0.25, 0.3) is 0 Å². The fourth-order valence-electron chi connectivity index (χ4n) is 2.17. The molecule has 3 N–H and O–H groups in total. The molecule has 1 aromatic heterocycles. The topological polar surface area (TPSA) is 84.2 Å². The quantitative estimate of drug-likeness (QED) is 0.812. The predicted octanol–water partition coefficient (Wildman–Crippen LogP) is 0.366. The van der Waals surface area contributed by atoms with E-state index in [2.05, 4.69) is 9.97 Å². The summed E-state index contributed by atoms with van der Waals surface area (Å²) in [6.07, 6.45) is 1.26. The number of rotatable bonds is 2. The Hall–Kier alpha value is -1.11. The summed E-state index contributed by atoms with van der Waals surface area (Å²) in [4.78, 5) is 20.0. The van der Waals surface area contributed by atoms with Crippen molar-refractivity contribution in [1.29, 1.82) is 0 Å². The number of nitrogens with one attached hydrogen (secondary N) is 1. The van der Waals surface area contributed by atoms with Crippen LogP contribution in [0.3, 0.4) is 0 Å². The lowest BCUT2D eigenvalue weighted by Crippen LogP contribution is -2.55. The monoisotopic (exact) mass is 272 g/mol. The number of nitrogens with two attached hydrogens (primary N) is 1. The molecule has 1 fully saturated rings. The Bertz CT molecular complexity index is 488. The van der Waals surface area contributed by atoms with E-state index < -0.39 is 0 Å². The third kappa shape index (κ3) is 2.66. The number of ether oxygens (including phenoxy) is 1. The van der Waals surface area contributed by atoms with E-state index in [9.17, 15) is 4.79 Å². The van der Waals surface area contributed by atoms with Crippen molar-refractivity contribution in [2.75, 3.05) is 24.5 Å². The molecule has 0 amide bonds. The molecule has 1 aromatic rings. The molecule has 0 saturated carbocycles. The van der Waals surface area contributed by atoms with Crippen LogP contribution < -0.4 is 16.2 Å². The highest BCUT2D eigenvalue weighted by atomic mass is 35.5. The zero-order valence-corrected chi connectivity index (χ0v) is 11.2. The van der Waals surface area contributed by atoms with Crippen molar-refractivity contribution in [2.45, 2.75) is 25.6 Å². The number of aromatic amines is 1. The van der Waals surface area contributed by atoms with Crippen molar-refractivity contribution in [3.8, 4) is 0 Å². The molecular formula is C11H17ClN4O2. The molecule has 0 aromatic carbocycles. The molecule has 0 bridgehead atoms. The maximum atomic E-state index is 11.5. The van der Waals surface area contributed by atoms with Crippen molar-refractivity contribution in [3.63, 3.8) is 0 Å². The van der Waals surface area contributed by atoms with Gasteiger partial charge in [0.15, 0.2) is 5.82 Å². The van der Waals surface area contributed by atoms with Crippen LogP contribution in [-0.2, 0) is 4.74 Å². The van der Waals surface area contributed by atoms with E-state index >= 15 is 0 Å². The highest BCUT2D eigenvalue weighted by Gasteiger charge is 2.34. The Morgan fingerprint density at radius 2 is 2.44 bits per heavy atom. The summed E-state index contributed by atoms with van der Waals surface area (Å²) in [6, 6.07) is 0. The third-order valence-corrected chi connectivity index (χ3v) is 3.16. The van der Waals surface area contributed by atoms with Gasteiger partial charge in [-0.15, -0.1) is 0 Å². The molecule has 1 aliphatic heterocycles. The Morgan fingerprint density at radius 3 is 3.11 bits per heavy atom. The zero-order valence-electron chi connectivity index (χ0n) is 10.4. The molecule has 1 aliphatic rings. The van der Waals surface area contributed by atoms with Gasteiger partial charge in [-0.05, 0) is 13.8 Å². The normalized spacial score (nSPS) is 23.1. The van der Waals surface area contributed by atoms with Crippen LogP contribution in [0.5, 0.6) is 0 Å². The van der Waals surface area contributed by atoms with Gasteiger partial charge in [-0.1, -0.05) is 11.6 Å². The molecule has 2 rings (SSSR count). The van der Waals surface area contributed by atoms with E-state index in [0.717, 1.165) is 0 Å². The SMILES string of the molecule is CC1(C)CN(c2nc[nH]c(=O)c2Cl)CC(CN)O1. The molecule has 100 valence electrons. The number of hydrogen-bond donors (Lipinski definition) is 2. The number of H-pyrrole nitrogens is 1. The molecule has 6 nitrogen and oxygen atoms in total. The standard InChI is InChI=1S/C11H17ClN4O2/c1-11(2)5-16(4-7(3-13)18-11)9-8(12)10(17)15-6-14-9/h6-7H,3-5,13H2,1-2H3,(H,14,15,17). The van der Waals surface area contributed by atoms with E-state index in [-0.39, 0.29) is 22.3 Å². The average Bonchev–Trinajstić information content (AvgIpc) is 2.30. The smallest absolute Gasteiger partial charge is 0.271 e. The van der Waals surface area contributed by atoms with Crippen LogP contribution in [0, 0.1) is 0 Å². The molecule has 1 atom stereocenters. The predicted molar refractivity (Wildman–Crippen MR) is 70.1 cm³/mol.